The van der Waals surface area contributed by atoms with Crippen molar-refractivity contribution >= 4 is 97.5 Å². The third-order valence-electron chi connectivity index (χ3n) is 17.4. The first-order valence-electron chi connectivity index (χ1n) is 34.9. The van der Waals surface area contributed by atoms with Crippen LogP contribution in [0.4, 0.5) is 0 Å². The van der Waals surface area contributed by atoms with Gasteiger partial charge in [0.15, 0.2) is 0 Å². The molecule has 0 unspecified atom stereocenters. The molecule has 0 saturated carbocycles. The molecule has 21 N–H and O–H groups in total. The number of para-hydroxylation sites is 1. The van der Waals surface area contributed by atoms with Gasteiger partial charge >= 0.3 is 5.97 Å². The average Bonchev–Trinajstić information content (AvgIpc) is 1.64. The van der Waals surface area contributed by atoms with Gasteiger partial charge in [-0.3, -0.25) is 47.9 Å². The van der Waals surface area contributed by atoms with E-state index in [1.54, 1.807) is 103 Å². The summed E-state index contributed by atoms with van der Waals surface area (Å²) in [6.07, 6.45) is -2.28. The summed E-state index contributed by atoms with van der Waals surface area (Å²) < 4.78 is 0. The lowest BCUT2D eigenvalue weighted by molar-refractivity contribution is -0.142. The highest BCUT2D eigenvalue weighted by atomic mass is 33.1. The number of carboxylic acid groups (broad SMARTS) is 1. The van der Waals surface area contributed by atoms with Crippen molar-refractivity contribution in [2.45, 2.75) is 170 Å². The zero-order chi connectivity index (χ0) is 77.0. The number of nitrogens with one attached hydrogen (secondary N) is 12. The van der Waals surface area contributed by atoms with Gasteiger partial charge in [0.05, 0.1) is 24.9 Å². The second-order valence-electron chi connectivity index (χ2n) is 26.3. The standard InChI is InChI=1S/C74H96N14O16S2/c1-41(2)77-36-48-24-22-46(23-25-48)33-57-69(98)87-62(42(3)90)72(101)84-58(34-47-26-28-50(92)29-27-47)70(99)88-63(43(4)91)73(102)85-60(38-89)71(100)86-61(74(103)104)40-106-105-39-52(76)64(93)79-54(21-13-14-30-75)65(94)80-55(31-44-15-7-5-8-16-44)66(95)81-56(32-45-17-9-6-10-18-45)67(96)83-59(68(97)82-57)35-49-37-78-53-20-12-11-19-51(49)53/h5-12,15-20,22-29,37,41-43,52,54-63,77-78,89-92H,13-14,21,30-36,38-40,75-76H2,1-4H3,(H,79,93)(H,80,94)(H,81,95)(H,82,97)(H,83,96)(H,84,101)(H,85,102)(H,86,100)(H,87,98)(H,88,99)(H,103,104)/t42-,43-,52+,54+,55+,56+,57+,58+,59+,60+,61+,62-,63+/m1/s1. The van der Waals surface area contributed by atoms with Gasteiger partial charge in [-0.25, -0.2) is 4.79 Å². The van der Waals surface area contributed by atoms with Gasteiger partial charge in [0.2, 0.25) is 59.1 Å². The van der Waals surface area contributed by atoms with Crippen molar-refractivity contribution in [2.75, 3.05) is 24.7 Å². The van der Waals surface area contributed by atoms with Crippen molar-refractivity contribution in [3.8, 4) is 5.75 Å². The number of carbonyl (C=O) groups is 11. The number of aromatic nitrogens is 1. The molecule has 0 radical (unpaired) electrons. The van der Waals surface area contributed by atoms with Crippen molar-refractivity contribution in [2.24, 2.45) is 11.5 Å². The molecule has 0 aliphatic carbocycles. The molecule has 1 aliphatic heterocycles. The minimum atomic E-state index is -1.95. The molecule has 7 rings (SSSR count). The van der Waals surface area contributed by atoms with Crippen LogP contribution in [0.15, 0.2) is 140 Å². The minimum absolute atomic E-state index is 0.0234. The fraction of sp³-hybridized carbons (Fsp3) is 0.419. The molecule has 1 saturated heterocycles. The maximum absolute atomic E-state index is 15.5. The summed E-state index contributed by atoms with van der Waals surface area (Å²) in [5, 5.41) is 83.0. The van der Waals surface area contributed by atoms with Crippen LogP contribution in [0.3, 0.4) is 0 Å². The van der Waals surface area contributed by atoms with Crippen molar-refractivity contribution < 1.29 is 78.3 Å². The highest BCUT2D eigenvalue weighted by molar-refractivity contribution is 8.76. The maximum Gasteiger partial charge on any atom is 0.327 e. The molecule has 0 bridgehead atoms. The van der Waals surface area contributed by atoms with Gasteiger partial charge in [-0.2, -0.15) is 0 Å². The monoisotopic (exact) mass is 1500 g/mol. The molecule has 30 nitrogen and oxygen atoms in total. The van der Waals surface area contributed by atoms with Gasteiger partial charge in [0, 0.05) is 73.3 Å². The van der Waals surface area contributed by atoms with Crippen molar-refractivity contribution in [3.63, 3.8) is 0 Å². The van der Waals surface area contributed by atoms with E-state index >= 15 is 19.2 Å². The van der Waals surface area contributed by atoms with E-state index in [0.717, 1.165) is 34.1 Å². The Bertz CT molecular complexity index is 3930. The van der Waals surface area contributed by atoms with Crippen LogP contribution in [0.1, 0.15) is 80.3 Å². The van der Waals surface area contributed by atoms with Crippen LogP contribution in [-0.2, 0) is 91.4 Å². The molecule has 1 aliphatic rings. The predicted octanol–water partition coefficient (Wildman–Crippen LogP) is -0.577. The largest absolute Gasteiger partial charge is 0.508 e. The number of unbranched alkanes of at least 4 members (excludes halogenated alkanes) is 1. The Morgan fingerprint density at radius 1 is 0.472 bits per heavy atom. The summed E-state index contributed by atoms with van der Waals surface area (Å²) >= 11 is 0. The number of fused-ring (bicyclic) bond motifs is 1. The van der Waals surface area contributed by atoms with Crippen LogP contribution in [0, 0.1) is 0 Å². The molecule has 32 heteroatoms. The molecule has 570 valence electrons. The van der Waals surface area contributed by atoms with E-state index in [1.165, 1.54) is 31.2 Å². The second-order valence-corrected chi connectivity index (χ2v) is 28.8. The van der Waals surface area contributed by atoms with E-state index in [-0.39, 0.29) is 61.9 Å². The van der Waals surface area contributed by atoms with Gasteiger partial charge < -0.3 is 100 Å². The number of aliphatic carboxylic acids is 1. The van der Waals surface area contributed by atoms with E-state index in [9.17, 15) is 59.1 Å². The Morgan fingerprint density at radius 3 is 1.34 bits per heavy atom. The molecular formula is C74H96N14O16S2. The van der Waals surface area contributed by atoms with Crippen LogP contribution >= 0.6 is 21.6 Å². The summed E-state index contributed by atoms with van der Waals surface area (Å²) in [4.78, 5) is 163. The molecule has 5 aromatic carbocycles. The first-order chi connectivity index (χ1) is 50.7. The summed E-state index contributed by atoms with van der Waals surface area (Å²) in [6, 6.07) is 19.1. The molecule has 106 heavy (non-hydrogen) atoms. The highest BCUT2D eigenvalue weighted by Gasteiger charge is 2.39. The topological polar surface area (TPSA) is 489 Å². The van der Waals surface area contributed by atoms with E-state index in [2.05, 4.69) is 63.5 Å². The zero-order valence-corrected chi connectivity index (χ0v) is 60.9. The average molecular weight is 1500 g/mol. The fourth-order valence-electron chi connectivity index (χ4n) is 11.4. The number of amides is 10. The van der Waals surface area contributed by atoms with Gasteiger partial charge in [0.25, 0.3) is 0 Å². The Kier molecular flexibility index (Phi) is 32.8. The molecule has 10 amide bonds. The summed E-state index contributed by atoms with van der Waals surface area (Å²) in [6.45, 7) is 5.82. The van der Waals surface area contributed by atoms with Gasteiger partial charge in [-0.1, -0.05) is 151 Å². The number of phenols is 1. The number of carbonyl (C=O) groups excluding carboxylic acids is 10. The molecule has 1 fully saturated rings. The van der Waals surface area contributed by atoms with Crippen molar-refractivity contribution in [1.29, 1.82) is 0 Å². The zero-order valence-electron chi connectivity index (χ0n) is 59.3. The van der Waals surface area contributed by atoms with E-state index in [0.29, 0.717) is 58.1 Å². The SMILES string of the molecule is CC(C)NCc1ccc(C[C@@H]2NC(=O)[C@H](Cc3c[nH]c4ccccc34)NC(=O)[C@H](Cc3ccccc3)NC(=O)[C@H](Cc3ccccc3)NC(=O)[C@H](CCCCN)NC(=O)[C@@H](N)CSSC[C@@H](C(=O)O)NC(=O)[C@H](CO)NC(=O)[C@H]([C@@H](C)O)NC(=O)[C@H](Cc3ccc(O)cc3)NC(=O)[C@@H]([C@@H](C)O)NC2=O)cc1. The number of hydrogen-bond acceptors (Lipinski definition) is 20. The minimum Gasteiger partial charge on any atom is -0.508 e. The number of H-pyrrole nitrogens is 1. The van der Waals surface area contributed by atoms with E-state index < -0.39 is 157 Å². The summed E-state index contributed by atoms with van der Waals surface area (Å²) in [5.74, 6) is -12.4. The lowest BCUT2D eigenvalue weighted by Crippen LogP contribution is -2.63. The Morgan fingerprint density at radius 2 is 0.868 bits per heavy atom. The lowest BCUT2D eigenvalue weighted by Gasteiger charge is -2.29. The van der Waals surface area contributed by atoms with Crippen molar-refractivity contribution in [3.05, 3.63) is 173 Å². The number of carboxylic acids is 1. The van der Waals surface area contributed by atoms with Crippen LogP contribution in [0.5, 0.6) is 5.75 Å². The third-order valence-corrected chi connectivity index (χ3v) is 19.9. The quantitative estimate of drug-likeness (QED) is 0.0317. The van der Waals surface area contributed by atoms with Gasteiger partial charge in [0.1, 0.15) is 66.2 Å². The number of hydrogen-bond donors (Lipinski definition) is 19. The lowest BCUT2D eigenvalue weighted by atomic mass is 9.99. The van der Waals surface area contributed by atoms with Crippen LogP contribution in [0.2, 0.25) is 0 Å². The van der Waals surface area contributed by atoms with Crippen LogP contribution < -0.4 is 70.0 Å². The highest BCUT2D eigenvalue weighted by Crippen LogP contribution is 2.24. The number of aliphatic hydroxyl groups is 3. The molecule has 2 heterocycles. The number of benzene rings is 5. The van der Waals surface area contributed by atoms with Gasteiger partial charge in [-0.15, -0.1) is 0 Å². The molecule has 0 spiro atoms. The first-order valence-corrected chi connectivity index (χ1v) is 37.3. The molecule has 13 atom stereocenters. The number of phenolic OH excluding ortho intramolecular Hbond substituents is 1. The van der Waals surface area contributed by atoms with Crippen LogP contribution in [-0.4, -0.2) is 205 Å². The summed E-state index contributed by atoms with van der Waals surface area (Å²) in [5.41, 5.74) is 16.3. The fourth-order valence-corrected chi connectivity index (χ4v) is 13.7. The molecular weight excluding hydrogens is 1410 g/mol. The van der Waals surface area contributed by atoms with Gasteiger partial charge in [-0.05, 0) is 91.2 Å². The Hall–Kier alpha value is -9.93. The Balaban J connectivity index is 1.32. The smallest absolute Gasteiger partial charge is 0.327 e. The van der Waals surface area contributed by atoms with E-state index in [1.807, 2.05) is 26.0 Å². The third kappa shape index (κ3) is 26.0. The van der Waals surface area contributed by atoms with Crippen LogP contribution in [0.25, 0.3) is 10.9 Å². The Labute approximate surface area is 621 Å². The second kappa shape index (κ2) is 41.7. The number of aliphatic hydroxyl groups excluding tert-OH is 3. The first kappa shape index (κ1) is 83.3. The maximum atomic E-state index is 15.5. The molecule has 6 aromatic rings. The number of rotatable bonds is 21. The number of aromatic amines is 1. The normalized spacial score (nSPS) is 23.7. The summed E-state index contributed by atoms with van der Waals surface area (Å²) in [7, 11) is 1.81. The van der Waals surface area contributed by atoms with Crippen molar-refractivity contribution in [1.82, 2.24) is 63.5 Å². The number of nitrogens with two attached hydrogens (primary N) is 2. The predicted molar refractivity (Wildman–Crippen MR) is 399 cm³/mol. The number of aromatic hydroxyl groups is 1. The van der Waals surface area contributed by atoms with E-state index in [4.69, 9.17) is 11.5 Å². The molecule has 1 aromatic heterocycles.